The highest BCUT2D eigenvalue weighted by atomic mass is 32.2. The van der Waals surface area contributed by atoms with E-state index < -0.39 is 84.6 Å². The molecule has 0 radical (unpaired) electrons. The Balaban J connectivity index is 1.88. The summed E-state index contributed by atoms with van der Waals surface area (Å²) in [6.45, 7) is 0.561. The number of esters is 1. The molecule has 0 aliphatic carbocycles. The van der Waals surface area contributed by atoms with Crippen LogP contribution in [0.15, 0.2) is 6.07 Å². The van der Waals surface area contributed by atoms with Crippen LogP contribution in [-0.2, 0) is 34.5 Å². The summed E-state index contributed by atoms with van der Waals surface area (Å²) >= 11 is 1.05. The summed E-state index contributed by atoms with van der Waals surface area (Å²) in [7, 11) is 0. The van der Waals surface area contributed by atoms with Crippen LogP contribution in [0.2, 0.25) is 0 Å². The molecule has 0 aromatic heterocycles. The molecule has 0 bridgehead atoms. The van der Waals surface area contributed by atoms with Crippen LogP contribution in [0.25, 0.3) is 0 Å². The molecule has 1 aromatic rings. The number of aliphatic carboxylic acids is 1. The number of carbonyl (C=O) groups is 6. The number of amides is 4. The van der Waals surface area contributed by atoms with Gasteiger partial charge in [0.25, 0.3) is 0 Å². The molecule has 10 N–H and O–H groups in total. The van der Waals surface area contributed by atoms with Gasteiger partial charge < -0.3 is 52.2 Å². The van der Waals surface area contributed by atoms with Gasteiger partial charge in [0.05, 0.1) is 17.7 Å². The van der Waals surface area contributed by atoms with Crippen LogP contribution in [-0.4, -0.2) is 110 Å². The molecule has 2 aliphatic rings. The van der Waals surface area contributed by atoms with Gasteiger partial charge in [-0.25, -0.2) is 4.79 Å². The predicted molar refractivity (Wildman–Crippen MR) is 145 cm³/mol. The zero-order chi connectivity index (χ0) is 31.3. The van der Waals surface area contributed by atoms with Crippen molar-refractivity contribution in [3.05, 3.63) is 22.8 Å². The average molecular weight is 612 g/mol. The van der Waals surface area contributed by atoms with Crippen molar-refractivity contribution in [1.29, 1.82) is 0 Å². The number of carboxylic acids is 1. The Hall–Kier alpha value is -4.09. The van der Waals surface area contributed by atoms with E-state index in [9.17, 15) is 44.1 Å². The minimum Gasteiger partial charge on any atom is -0.508 e. The van der Waals surface area contributed by atoms with Crippen molar-refractivity contribution in [2.24, 2.45) is 11.5 Å². The molecule has 230 valence electrons. The summed E-state index contributed by atoms with van der Waals surface area (Å²) in [6.07, 6.45) is -1.97. The molecular formula is C25H33N5O11S. The number of nitrogens with two attached hydrogens (primary N) is 2. The SMILES string of the molecule is Cc1c(O)cc(O)c2c1C(=O)OCC(NC(=O)C1C(O)CCN1C(=O)C(N)CCC(=O)O)C(=O)NC(C(N)=O)CSC2. The molecule has 1 aromatic carbocycles. The highest BCUT2D eigenvalue weighted by Gasteiger charge is 2.43. The van der Waals surface area contributed by atoms with Crippen LogP contribution in [0.3, 0.4) is 0 Å². The summed E-state index contributed by atoms with van der Waals surface area (Å²) < 4.78 is 5.29. The van der Waals surface area contributed by atoms with Gasteiger partial charge in [-0.3, -0.25) is 24.0 Å². The number of benzene rings is 1. The smallest absolute Gasteiger partial charge is 0.339 e. The third kappa shape index (κ3) is 7.40. The van der Waals surface area contributed by atoms with Gasteiger partial charge in [0, 0.05) is 41.7 Å². The number of carboxylic acid groups (broad SMARTS) is 1. The first-order chi connectivity index (χ1) is 19.7. The Labute approximate surface area is 243 Å². The van der Waals surface area contributed by atoms with Gasteiger partial charge in [-0.15, -0.1) is 0 Å². The quantitative estimate of drug-likeness (QED) is 0.147. The van der Waals surface area contributed by atoms with Gasteiger partial charge in [-0.2, -0.15) is 11.8 Å². The first-order valence-corrected chi connectivity index (χ1v) is 14.0. The third-order valence-electron chi connectivity index (χ3n) is 6.96. The molecule has 4 amide bonds. The number of rotatable bonds is 7. The number of aliphatic hydroxyl groups excluding tert-OH is 1. The number of nitrogens with zero attached hydrogens (tertiary/aromatic N) is 1. The number of cyclic esters (lactones) is 1. The number of phenolic OH excluding ortho intramolecular Hbond substituents is 2. The Kier molecular flexibility index (Phi) is 10.6. The van der Waals surface area contributed by atoms with E-state index >= 15 is 0 Å². The average Bonchev–Trinajstić information content (AvgIpc) is 3.31. The Morgan fingerprint density at radius 2 is 1.93 bits per heavy atom. The molecule has 2 aliphatic heterocycles. The number of aromatic hydroxyl groups is 2. The van der Waals surface area contributed by atoms with E-state index in [4.69, 9.17) is 21.3 Å². The highest BCUT2D eigenvalue weighted by molar-refractivity contribution is 7.98. The van der Waals surface area contributed by atoms with E-state index in [1.165, 1.54) is 6.92 Å². The van der Waals surface area contributed by atoms with Crippen molar-refractivity contribution >= 4 is 47.3 Å². The number of likely N-dealkylation sites (tertiary alicyclic amines) is 1. The van der Waals surface area contributed by atoms with Gasteiger partial charge in [0.1, 0.15) is 36.2 Å². The van der Waals surface area contributed by atoms with E-state index in [-0.39, 0.29) is 53.3 Å². The van der Waals surface area contributed by atoms with E-state index in [2.05, 4.69) is 10.6 Å². The monoisotopic (exact) mass is 611 g/mol. The molecular weight excluding hydrogens is 578 g/mol. The second-order valence-corrected chi connectivity index (χ2v) is 10.9. The number of aliphatic hydroxyl groups is 1. The number of fused-ring (bicyclic) bond motifs is 1. The number of hydrogen-bond acceptors (Lipinski definition) is 12. The van der Waals surface area contributed by atoms with Gasteiger partial charge in [0.2, 0.25) is 23.6 Å². The van der Waals surface area contributed by atoms with E-state index in [0.29, 0.717) is 0 Å². The van der Waals surface area contributed by atoms with Crippen molar-refractivity contribution in [2.75, 3.05) is 18.9 Å². The number of nitrogens with one attached hydrogen (secondary N) is 2. The summed E-state index contributed by atoms with van der Waals surface area (Å²) in [5.41, 5.74) is 11.3. The number of ether oxygens (including phenoxy) is 1. The van der Waals surface area contributed by atoms with Crippen LogP contribution >= 0.6 is 11.8 Å². The molecule has 0 spiro atoms. The Morgan fingerprint density at radius 3 is 2.57 bits per heavy atom. The summed E-state index contributed by atoms with van der Waals surface area (Å²) in [6, 6.07) is -4.58. The van der Waals surface area contributed by atoms with Gasteiger partial charge >= 0.3 is 11.9 Å². The maximum absolute atomic E-state index is 13.3. The van der Waals surface area contributed by atoms with E-state index in [1.807, 2.05) is 0 Å². The fraction of sp³-hybridized carbons (Fsp3) is 0.520. The van der Waals surface area contributed by atoms with Crippen LogP contribution in [0.1, 0.15) is 40.7 Å². The Bertz CT molecular complexity index is 1280. The zero-order valence-corrected chi connectivity index (χ0v) is 23.4. The summed E-state index contributed by atoms with van der Waals surface area (Å²) in [5.74, 6) is -6.70. The maximum atomic E-state index is 13.3. The molecule has 1 saturated heterocycles. The van der Waals surface area contributed by atoms with Crippen molar-refractivity contribution in [3.8, 4) is 11.5 Å². The van der Waals surface area contributed by atoms with Crippen molar-refractivity contribution in [1.82, 2.24) is 15.5 Å². The molecule has 0 saturated carbocycles. The minimum absolute atomic E-state index is 0.00473. The number of hydrogen-bond donors (Lipinski definition) is 8. The second kappa shape index (κ2) is 13.7. The number of primary amides is 1. The second-order valence-electron chi connectivity index (χ2n) is 9.90. The molecule has 16 nitrogen and oxygen atoms in total. The lowest BCUT2D eigenvalue weighted by Gasteiger charge is -2.29. The van der Waals surface area contributed by atoms with Crippen molar-refractivity contribution in [3.63, 3.8) is 0 Å². The van der Waals surface area contributed by atoms with Gasteiger partial charge in [-0.05, 0) is 19.8 Å². The molecule has 17 heteroatoms. The topological polar surface area (TPSA) is 272 Å². The third-order valence-corrected chi connectivity index (χ3v) is 8.02. The fourth-order valence-electron chi connectivity index (χ4n) is 4.60. The zero-order valence-electron chi connectivity index (χ0n) is 22.6. The van der Waals surface area contributed by atoms with Crippen LogP contribution in [0.4, 0.5) is 0 Å². The molecule has 5 atom stereocenters. The van der Waals surface area contributed by atoms with E-state index in [0.717, 1.165) is 22.7 Å². The lowest BCUT2D eigenvalue weighted by molar-refractivity contribution is -0.143. The summed E-state index contributed by atoms with van der Waals surface area (Å²) in [5, 5.41) is 44.6. The number of thioether (sulfide) groups is 1. The largest absolute Gasteiger partial charge is 0.508 e. The molecule has 2 heterocycles. The first-order valence-electron chi connectivity index (χ1n) is 12.9. The normalized spacial score (nSPS) is 23.8. The summed E-state index contributed by atoms with van der Waals surface area (Å²) in [4.78, 5) is 76.3. The maximum Gasteiger partial charge on any atom is 0.339 e. The minimum atomic E-state index is -1.63. The van der Waals surface area contributed by atoms with Gasteiger partial charge in [0.15, 0.2) is 0 Å². The number of phenols is 2. The van der Waals surface area contributed by atoms with Gasteiger partial charge in [-0.1, -0.05) is 0 Å². The predicted octanol–water partition coefficient (Wildman–Crippen LogP) is -2.58. The first kappa shape index (κ1) is 32.4. The van der Waals surface area contributed by atoms with E-state index in [1.54, 1.807) is 0 Å². The van der Waals surface area contributed by atoms with Crippen LogP contribution < -0.4 is 22.1 Å². The highest BCUT2D eigenvalue weighted by Crippen LogP contribution is 2.35. The molecule has 42 heavy (non-hydrogen) atoms. The van der Waals surface area contributed by atoms with Crippen LogP contribution in [0, 0.1) is 6.92 Å². The van der Waals surface area contributed by atoms with Crippen molar-refractivity contribution < 1.29 is 53.9 Å². The fourth-order valence-corrected chi connectivity index (χ4v) is 5.70. The molecule has 3 rings (SSSR count). The Morgan fingerprint density at radius 1 is 1.24 bits per heavy atom. The molecule has 5 unspecified atom stereocenters. The standard InChI is InChI=1S/C25H33N5O11S/c1-10-16(32)6-17(33)11-8-42-9-14(21(27)36)29-22(37)13(7-41-25(40)19(10)11)28-23(38)20-15(31)4-5-30(20)24(39)12(26)2-3-18(34)35/h6,12-15,20,31-33H,2-5,7-9,26H2,1H3,(H2,27,36)(H,28,38)(H,29,37)(H,34,35). The molecule has 1 fully saturated rings. The van der Waals surface area contributed by atoms with Crippen LogP contribution in [0.5, 0.6) is 11.5 Å². The lowest BCUT2D eigenvalue weighted by Crippen LogP contribution is -2.60. The number of carbonyl (C=O) groups excluding carboxylic acids is 5. The van der Waals surface area contributed by atoms with Crippen molar-refractivity contribution in [2.45, 2.75) is 62.2 Å². The lowest BCUT2D eigenvalue weighted by atomic mass is 10.0.